The number of benzene rings is 1. The molecule has 3 rings (SSSR count). The first-order valence-electron chi connectivity index (χ1n) is 6.97. The number of fused-ring (bicyclic) bond motifs is 1. The minimum absolute atomic E-state index is 0.148. The molecule has 0 saturated heterocycles. The van der Waals surface area contributed by atoms with Crippen LogP contribution >= 0.6 is 0 Å². The second kappa shape index (κ2) is 5.90. The zero-order valence-electron chi connectivity index (χ0n) is 12.2. The van der Waals surface area contributed by atoms with Gasteiger partial charge >= 0.3 is 0 Å². The van der Waals surface area contributed by atoms with Gasteiger partial charge in [-0.1, -0.05) is 12.1 Å². The summed E-state index contributed by atoms with van der Waals surface area (Å²) in [5.41, 5.74) is 2.04. The number of aromatic nitrogens is 4. The molecule has 0 aliphatic heterocycles. The Morgan fingerprint density at radius 2 is 2.14 bits per heavy atom. The highest BCUT2D eigenvalue weighted by atomic mass is 32.2. The molecule has 116 valence electrons. The van der Waals surface area contributed by atoms with Gasteiger partial charge in [0.2, 0.25) is 10.0 Å². The lowest BCUT2D eigenvalue weighted by molar-refractivity contribution is 0.577. The minimum atomic E-state index is -3.48. The summed E-state index contributed by atoms with van der Waals surface area (Å²) in [5.74, 6) is 0.948. The molecule has 0 aliphatic rings. The van der Waals surface area contributed by atoms with E-state index in [0.29, 0.717) is 19.4 Å². The molecule has 0 aliphatic carbocycles. The van der Waals surface area contributed by atoms with E-state index in [1.165, 1.54) is 12.4 Å². The lowest BCUT2D eigenvalue weighted by Crippen LogP contribution is -2.25. The Hall–Kier alpha value is -2.19. The average Bonchev–Trinajstić information content (AvgIpc) is 3.14. The predicted octanol–water partition coefficient (Wildman–Crippen LogP) is 1.21. The van der Waals surface area contributed by atoms with Crippen molar-refractivity contribution in [3.63, 3.8) is 0 Å². The number of nitrogens with zero attached hydrogens (tertiary/aromatic N) is 3. The molecule has 3 aromatic rings. The van der Waals surface area contributed by atoms with Crippen LogP contribution < -0.4 is 4.72 Å². The van der Waals surface area contributed by atoms with Crippen LogP contribution in [0.4, 0.5) is 0 Å². The molecule has 0 fully saturated rings. The van der Waals surface area contributed by atoms with Crippen molar-refractivity contribution in [2.75, 3.05) is 6.54 Å². The van der Waals surface area contributed by atoms with Crippen LogP contribution in [-0.4, -0.2) is 34.7 Å². The van der Waals surface area contributed by atoms with Crippen LogP contribution in [0.2, 0.25) is 0 Å². The van der Waals surface area contributed by atoms with Crippen LogP contribution in [0, 0.1) is 0 Å². The van der Waals surface area contributed by atoms with E-state index in [4.69, 9.17) is 0 Å². The van der Waals surface area contributed by atoms with Crippen molar-refractivity contribution in [1.82, 2.24) is 24.5 Å². The van der Waals surface area contributed by atoms with Crippen LogP contribution in [0.1, 0.15) is 12.2 Å². The van der Waals surface area contributed by atoms with Gasteiger partial charge in [0.1, 0.15) is 10.7 Å². The normalized spacial score (nSPS) is 12.0. The minimum Gasteiger partial charge on any atom is -0.331 e. The van der Waals surface area contributed by atoms with Crippen LogP contribution in [-0.2, 0) is 23.5 Å². The van der Waals surface area contributed by atoms with Gasteiger partial charge < -0.3 is 4.57 Å². The molecule has 0 saturated carbocycles. The average molecular weight is 319 g/mol. The van der Waals surface area contributed by atoms with Crippen molar-refractivity contribution in [1.29, 1.82) is 0 Å². The summed E-state index contributed by atoms with van der Waals surface area (Å²) in [6, 6.07) is 7.93. The van der Waals surface area contributed by atoms with Crippen LogP contribution in [0.5, 0.6) is 0 Å². The van der Waals surface area contributed by atoms with E-state index < -0.39 is 10.0 Å². The zero-order chi connectivity index (χ0) is 15.6. The fraction of sp³-hybridized carbons (Fsp3) is 0.286. The summed E-state index contributed by atoms with van der Waals surface area (Å²) in [5, 5.41) is 6.13. The maximum Gasteiger partial charge on any atom is 0.243 e. The number of rotatable bonds is 6. The number of imidazole rings is 1. The summed E-state index contributed by atoms with van der Waals surface area (Å²) < 4.78 is 28.4. The Balaban J connectivity index is 1.60. The molecule has 1 aromatic carbocycles. The van der Waals surface area contributed by atoms with E-state index in [9.17, 15) is 8.42 Å². The van der Waals surface area contributed by atoms with Crippen molar-refractivity contribution in [3.8, 4) is 0 Å². The number of aryl methyl sites for hydroxylation is 2. The van der Waals surface area contributed by atoms with Gasteiger partial charge in [-0.15, -0.1) is 0 Å². The fourth-order valence-corrected chi connectivity index (χ4v) is 3.32. The van der Waals surface area contributed by atoms with Gasteiger partial charge in [-0.05, 0) is 18.6 Å². The topological polar surface area (TPSA) is 92.7 Å². The molecule has 0 amide bonds. The SMILES string of the molecule is Cn1c(CCCNS(=O)(=O)c2cn[nH]c2)nc2ccccc21. The number of H-pyrrole nitrogens is 1. The molecular weight excluding hydrogens is 302 g/mol. The zero-order valence-corrected chi connectivity index (χ0v) is 13.0. The van der Waals surface area contributed by atoms with Gasteiger partial charge in [-0.2, -0.15) is 5.10 Å². The van der Waals surface area contributed by atoms with Gasteiger partial charge in [-0.3, -0.25) is 5.10 Å². The molecule has 2 N–H and O–H groups in total. The number of hydrogen-bond acceptors (Lipinski definition) is 4. The molecule has 2 heterocycles. The van der Waals surface area contributed by atoms with Gasteiger partial charge in [0, 0.05) is 26.2 Å². The summed E-state index contributed by atoms with van der Waals surface area (Å²) >= 11 is 0. The Bertz CT molecular complexity index is 868. The lowest BCUT2D eigenvalue weighted by Gasteiger charge is -2.05. The van der Waals surface area contributed by atoms with Gasteiger partial charge in [0.15, 0.2) is 0 Å². The summed E-state index contributed by atoms with van der Waals surface area (Å²) in [4.78, 5) is 4.72. The second-order valence-electron chi connectivity index (χ2n) is 5.01. The number of aromatic amines is 1. The van der Waals surface area contributed by atoms with Crippen LogP contribution in [0.25, 0.3) is 11.0 Å². The van der Waals surface area contributed by atoms with Crippen molar-refractivity contribution in [2.45, 2.75) is 17.7 Å². The number of nitrogens with one attached hydrogen (secondary N) is 2. The quantitative estimate of drug-likeness (QED) is 0.668. The number of para-hydroxylation sites is 2. The third-order valence-corrected chi connectivity index (χ3v) is 4.96. The van der Waals surface area contributed by atoms with E-state index in [1.807, 2.05) is 35.9 Å². The maximum atomic E-state index is 11.9. The van der Waals surface area contributed by atoms with E-state index in [2.05, 4.69) is 19.9 Å². The highest BCUT2D eigenvalue weighted by molar-refractivity contribution is 7.89. The van der Waals surface area contributed by atoms with Gasteiger partial charge in [0.25, 0.3) is 0 Å². The Morgan fingerprint density at radius 1 is 1.32 bits per heavy atom. The van der Waals surface area contributed by atoms with Crippen LogP contribution in [0.15, 0.2) is 41.6 Å². The predicted molar refractivity (Wildman–Crippen MR) is 82.8 cm³/mol. The summed E-state index contributed by atoms with van der Waals surface area (Å²) in [6.07, 6.45) is 4.02. The van der Waals surface area contributed by atoms with Gasteiger partial charge in [-0.25, -0.2) is 18.1 Å². The Kier molecular flexibility index (Phi) is 3.95. The van der Waals surface area contributed by atoms with Crippen molar-refractivity contribution in [2.24, 2.45) is 7.05 Å². The lowest BCUT2D eigenvalue weighted by atomic mass is 10.3. The van der Waals surface area contributed by atoms with Crippen LogP contribution in [0.3, 0.4) is 0 Å². The molecule has 7 nitrogen and oxygen atoms in total. The molecule has 0 atom stereocenters. The molecular formula is C14H17N5O2S. The Labute approximate surface area is 128 Å². The van der Waals surface area contributed by atoms with Gasteiger partial charge in [0.05, 0.1) is 17.2 Å². The second-order valence-corrected chi connectivity index (χ2v) is 6.78. The first-order chi connectivity index (χ1) is 10.6. The fourth-order valence-electron chi connectivity index (χ4n) is 2.34. The third kappa shape index (κ3) is 2.88. The van der Waals surface area contributed by atoms with E-state index in [1.54, 1.807) is 0 Å². The Morgan fingerprint density at radius 3 is 2.86 bits per heavy atom. The van der Waals surface area contributed by atoms with E-state index in [-0.39, 0.29) is 4.90 Å². The monoisotopic (exact) mass is 319 g/mol. The number of hydrogen-bond donors (Lipinski definition) is 2. The molecule has 8 heteroatoms. The van der Waals surface area contributed by atoms with E-state index in [0.717, 1.165) is 16.9 Å². The third-order valence-electron chi connectivity index (χ3n) is 3.53. The molecule has 0 unspecified atom stereocenters. The smallest absolute Gasteiger partial charge is 0.243 e. The van der Waals surface area contributed by atoms with Crippen molar-refractivity contribution >= 4 is 21.1 Å². The molecule has 0 radical (unpaired) electrons. The molecule has 22 heavy (non-hydrogen) atoms. The van der Waals surface area contributed by atoms with Crippen molar-refractivity contribution in [3.05, 3.63) is 42.5 Å². The first kappa shape index (κ1) is 14.7. The highest BCUT2D eigenvalue weighted by Gasteiger charge is 2.14. The first-order valence-corrected chi connectivity index (χ1v) is 8.45. The van der Waals surface area contributed by atoms with E-state index >= 15 is 0 Å². The maximum absolute atomic E-state index is 11.9. The highest BCUT2D eigenvalue weighted by Crippen LogP contribution is 2.15. The summed E-state index contributed by atoms with van der Waals surface area (Å²) in [7, 11) is -1.50. The number of sulfonamides is 1. The molecule has 0 spiro atoms. The van der Waals surface area contributed by atoms with Crippen molar-refractivity contribution < 1.29 is 8.42 Å². The summed E-state index contributed by atoms with van der Waals surface area (Å²) in [6.45, 7) is 0.358. The standard InChI is InChI=1S/C14H17N5O2S/c1-19-13-6-3-2-5-12(13)18-14(19)7-4-8-17-22(20,21)11-9-15-16-10-11/h2-3,5-6,9-10,17H,4,7-8H2,1H3,(H,15,16). The molecule has 0 bridgehead atoms. The molecule has 2 aromatic heterocycles. The largest absolute Gasteiger partial charge is 0.331 e.